The summed E-state index contributed by atoms with van der Waals surface area (Å²) in [5, 5.41) is 0. The minimum Gasteiger partial charge on any atom is -0.491 e. The molecule has 0 unspecified atom stereocenters. The van der Waals surface area contributed by atoms with Gasteiger partial charge in [-0.1, -0.05) is 18.2 Å². The van der Waals surface area contributed by atoms with Crippen molar-refractivity contribution in [2.24, 2.45) is 0 Å². The number of aromatic nitrogens is 3. The Morgan fingerprint density at radius 3 is 2.51 bits per heavy atom. The number of benzene rings is 2. The van der Waals surface area contributed by atoms with Crippen molar-refractivity contribution in [3.05, 3.63) is 108 Å². The van der Waals surface area contributed by atoms with E-state index in [0.717, 1.165) is 42.0 Å². The van der Waals surface area contributed by atoms with E-state index in [-0.39, 0.29) is 12.0 Å². The van der Waals surface area contributed by atoms with Crippen LogP contribution in [0, 0.1) is 0 Å². The number of carbonyl (C=O) groups excluding carboxylic acids is 1. The van der Waals surface area contributed by atoms with Gasteiger partial charge in [-0.15, -0.1) is 0 Å². The van der Waals surface area contributed by atoms with Crippen molar-refractivity contribution < 1.29 is 14.3 Å². The Kier molecular flexibility index (Phi) is 7.15. The van der Waals surface area contributed by atoms with Crippen molar-refractivity contribution in [3.8, 4) is 11.4 Å². The molecule has 7 heteroatoms. The summed E-state index contributed by atoms with van der Waals surface area (Å²) in [4.78, 5) is 23.6. The molecule has 5 rings (SSSR count). The van der Waals surface area contributed by atoms with Gasteiger partial charge in [-0.2, -0.15) is 0 Å². The van der Waals surface area contributed by atoms with Gasteiger partial charge < -0.3 is 18.9 Å². The van der Waals surface area contributed by atoms with Gasteiger partial charge in [-0.25, -0.2) is 4.98 Å². The number of ether oxygens (including phenoxy) is 2. The van der Waals surface area contributed by atoms with E-state index in [1.165, 1.54) is 0 Å². The Hall–Kier alpha value is -3.97. The molecule has 2 aromatic heterocycles. The summed E-state index contributed by atoms with van der Waals surface area (Å²) in [7, 11) is 0. The highest BCUT2D eigenvalue weighted by Crippen LogP contribution is 2.20. The smallest absolute Gasteiger partial charge is 0.254 e. The van der Waals surface area contributed by atoms with Crippen molar-refractivity contribution in [1.82, 2.24) is 19.4 Å². The van der Waals surface area contributed by atoms with Gasteiger partial charge in [-0.05, 0) is 66.4 Å². The lowest BCUT2D eigenvalue weighted by atomic mass is 10.1. The normalized spacial score (nSPS) is 15.1. The maximum atomic E-state index is 13.5. The molecular formula is C28H28N4O3. The lowest BCUT2D eigenvalue weighted by Crippen LogP contribution is -2.30. The van der Waals surface area contributed by atoms with Crippen LogP contribution in [0.15, 0.2) is 91.8 Å². The van der Waals surface area contributed by atoms with Crippen LogP contribution in [0.4, 0.5) is 0 Å². The molecule has 178 valence electrons. The molecule has 0 aliphatic carbocycles. The second-order valence-corrected chi connectivity index (χ2v) is 8.63. The van der Waals surface area contributed by atoms with Crippen molar-refractivity contribution in [2.75, 3.05) is 13.2 Å². The van der Waals surface area contributed by atoms with Gasteiger partial charge in [0.25, 0.3) is 5.91 Å². The summed E-state index contributed by atoms with van der Waals surface area (Å²) in [5.41, 5.74) is 3.60. The van der Waals surface area contributed by atoms with Crippen LogP contribution in [0.2, 0.25) is 0 Å². The monoisotopic (exact) mass is 468 g/mol. The third-order valence-electron chi connectivity index (χ3n) is 6.06. The third-order valence-corrected chi connectivity index (χ3v) is 6.06. The van der Waals surface area contributed by atoms with Crippen molar-refractivity contribution in [3.63, 3.8) is 0 Å². The van der Waals surface area contributed by atoms with Crippen LogP contribution in [0.25, 0.3) is 5.69 Å². The number of carbonyl (C=O) groups is 1. The first-order valence-corrected chi connectivity index (χ1v) is 11.8. The van der Waals surface area contributed by atoms with E-state index in [4.69, 9.17) is 9.47 Å². The lowest BCUT2D eigenvalue weighted by Gasteiger charge is -2.23. The molecule has 1 aliphatic heterocycles. The maximum absolute atomic E-state index is 13.5. The van der Waals surface area contributed by atoms with Gasteiger partial charge >= 0.3 is 0 Å². The molecule has 0 spiro atoms. The number of pyridine rings is 1. The number of imidazole rings is 1. The SMILES string of the molecule is O=C(c1ccc(-n2ccnc2)cc1)N(Cc1ccc(OC[C@@H]2CCCO2)cc1)Cc1cccnc1. The highest BCUT2D eigenvalue weighted by atomic mass is 16.5. The summed E-state index contributed by atoms with van der Waals surface area (Å²) >= 11 is 0. The van der Waals surface area contributed by atoms with Crippen LogP contribution in [-0.2, 0) is 17.8 Å². The molecule has 1 atom stereocenters. The largest absolute Gasteiger partial charge is 0.491 e. The minimum atomic E-state index is -0.0373. The summed E-state index contributed by atoms with van der Waals surface area (Å²) in [6.45, 7) is 2.33. The van der Waals surface area contributed by atoms with E-state index in [0.29, 0.717) is 25.3 Å². The van der Waals surface area contributed by atoms with Gasteiger partial charge in [0.05, 0.1) is 12.4 Å². The first-order chi connectivity index (χ1) is 17.2. The zero-order valence-electron chi connectivity index (χ0n) is 19.5. The number of rotatable bonds is 9. The molecule has 4 aromatic rings. The predicted octanol–water partition coefficient (Wildman–Crippen LogP) is 4.67. The lowest BCUT2D eigenvalue weighted by molar-refractivity contribution is 0.0679. The van der Waals surface area contributed by atoms with Crippen LogP contribution in [0.1, 0.15) is 34.3 Å². The molecule has 35 heavy (non-hydrogen) atoms. The molecule has 1 aliphatic rings. The molecule has 0 saturated carbocycles. The Balaban J connectivity index is 1.29. The fourth-order valence-electron chi connectivity index (χ4n) is 4.16. The highest BCUT2D eigenvalue weighted by Gasteiger charge is 2.18. The van der Waals surface area contributed by atoms with Gasteiger partial charge in [0.15, 0.2) is 0 Å². The Morgan fingerprint density at radius 2 is 1.83 bits per heavy atom. The van der Waals surface area contributed by atoms with Gasteiger partial charge in [0, 0.05) is 55.7 Å². The van der Waals surface area contributed by atoms with Crippen LogP contribution >= 0.6 is 0 Å². The summed E-state index contributed by atoms with van der Waals surface area (Å²) in [6.07, 6.45) is 11.2. The van der Waals surface area contributed by atoms with Crippen LogP contribution < -0.4 is 4.74 Å². The predicted molar refractivity (Wildman–Crippen MR) is 132 cm³/mol. The molecule has 7 nitrogen and oxygen atoms in total. The van der Waals surface area contributed by atoms with Crippen LogP contribution in [-0.4, -0.2) is 44.7 Å². The standard InChI is InChI=1S/C28H28N4O3/c33-28(24-7-9-25(10-8-24)31-15-14-30-21-31)32(19-23-3-1-13-29-17-23)18-22-5-11-26(12-6-22)35-20-27-4-2-16-34-27/h1,3,5-15,17,21,27H,2,4,16,18-20H2/t27-/m0/s1. The number of hydrogen-bond donors (Lipinski definition) is 0. The van der Waals surface area contributed by atoms with E-state index in [9.17, 15) is 4.79 Å². The minimum absolute atomic E-state index is 0.0373. The van der Waals surface area contributed by atoms with Crippen LogP contribution in [0.5, 0.6) is 5.75 Å². The average molecular weight is 469 g/mol. The molecular weight excluding hydrogens is 440 g/mol. The Labute approximate surface area is 205 Å². The van der Waals surface area contributed by atoms with E-state index in [1.54, 1.807) is 24.9 Å². The summed E-state index contributed by atoms with van der Waals surface area (Å²) in [6, 6.07) is 19.4. The molecule has 0 N–H and O–H groups in total. The van der Waals surface area contributed by atoms with Crippen LogP contribution in [0.3, 0.4) is 0 Å². The first-order valence-electron chi connectivity index (χ1n) is 11.8. The molecule has 1 fully saturated rings. The first kappa shape index (κ1) is 22.8. The zero-order chi connectivity index (χ0) is 23.9. The second kappa shape index (κ2) is 11.0. The third kappa shape index (κ3) is 5.94. The van der Waals surface area contributed by atoms with Crippen molar-refractivity contribution >= 4 is 5.91 Å². The summed E-state index contributed by atoms with van der Waals surface area (Å²) in [5.74, 6) is 0.772. The number of nitrogens with zero attached hydrogens (tertiary/aromatic N) is 4. The van der Waals surface area contributed by atoms with E-state index in [1.807, 2.05) is 76.3 Å². The zero-order valence-corrected chi connectivity index (χ0v) is 19.5. The van der Waals surface area contributed by atoms with Crippen molar-refractivity contribution in [2.45, 2.75) is 32.0 Å². The second-order valence-electron chi connectivity index (χ2n) is 8.63. The topological polar surface area (TPSA) is 69.5 Å². The van der Waals surface area contributed by atoms with E-state index in [2.05, 4.69) is 9.97 Å². The maximum Gasteiger partial charge on any atom is 0.254 e. The molecule has 0 radical (unpaired) electrons. The average Bonchev–Trinajstić information content (AvgIpc) is 3.63. The Morgan fingerprint density at radius 1 is 1.00 bits per heavy atom. The van der Waals surface area contributed by atoms with Crippen molar-refractivity contribution in [1.29, 1.82) is 0 Å². The van der Waals surface area contributed by atoms with Gasteiger partial charge in [0.2, 0.25) is 0 Å². The molecule has 1 saturated heterocycles. The molecule has 3 heterocycles. The molecule has 1 amide bonds. The highest BCUT2D eigenvalue weighted by molar-refractivity contribution is 5.94. The quantitative estimate of drug-likeness (QED) is 0.357. The molecule has 2 aromatic carbocycles. The molecule has 0 bridgehead atoms. The number of hydrogen-bond acceptors (Lipinski definition) is 5. The van der Waals surface area contributed by atoms with E-state index < -0.39 is 0 Å². The number of amides is 1. The van der Waals surface area contributed by atoms with Gasteiger partial charge in [0.1, 0.15) is 12.4 Å². The summed E-state index contributed by atoms with van der Waals surface area (Å²) < 4.78 is 13.4. The van der Waals surface area contributed by atoms with Gasteiger partial charge in [-0.3, -0.25) is 9.78 Å². The fraction of sp³-hybridized carbons (Fsp3) is 0.250. The Bertz CT molecular complexity index is 1200. The fourth-order valence-corrected chi connectivity index (χ4v) is 4.16. The van der Waals surface area contributed by atoms with E-state index >= 15 is 0 Å².